The minimum Gasteiger partial charge on any atom is -0.106 e. The summed E-state index contributed by atoms with van der Waals surface area (Å²) in [6.07, 6.45) is 3.97. The van der Waals surface area contributed by atoms with Gasteiger partial charge in [-0.25, -0.2) is 0 Å². The molecule has 0 heteroatoms. The van der Waals surface area contributed by atoms with Gasteiger partial charge in [0.25, 0.3) is 0 Å². The maximum absolute atomic E-state index is 3.88. The highest BCUT2D eigenvalue weighted by Crippen LogP contribution is 2.28. The number of benzene rings is 1. The number of rotatable bonds is 4. The van der Waals surface area contributed by atoms with Gasteiger partial charge in [-0.1, -0.05) is 64.1 Å². The first-order valence-electron chi connectivity index (χ1n) is 6.22. The van der Waals surface area contributed by atoms with Crippen molar-refractivity contribution in [3.05, 3.63) is 73.9 Å². The molecule has 1 aromatic carbocycles. The third-order valence-electron chi connectivity index (χ3n) is 3.39. The van der Waals surface area contributed by atoms with Gasteiger partial charge in [-0.2, -0.15) is 0 Å². The minimum absolute atomic E-state index is 0.0385. The third-order valence-corrected chi connectivity index (χ3v) is 3.39. The predicted molar refractivity (Wildman–Crippen MR) is 84.1 cm³/mol. The molecule has 0 N–H and O–H groups in total. The highest BCUT2D eigenvalue weighted by Gasteiger charge is 2.19. The second kappa shape index (κ2) is 6.39. The Morgan fingerprint density at radius 2 is 0.944 bits per heavy atom. The molecule has 0 nitrogen and oxygen atoms in total. The lowest BCUT2D eigenvalue weighted by molar-refractivity contribution is 0.656. The summed E-state index contributed by atoms with van der Waals surface area (Å²) in [5.41, 5.74) is 2.67. The first-order valence-corrected chi connectivity index (χ1v) is 6.22. The van der Waals surface area contributed by atoms with E-state index in [1.807, 2.05) is 12.2 Å². The van der Waals surface area contributed by atoms with Crippen LogP contribution in [0.15, 0.2) is 62.7 Å². The van der Waals surface area contributed by atoms with Crippen molar-refractivity contribution in [1.29, 1.82) is 0 Å². The van der Waals surface area contributed by atoms with Crippen molar-refractivity contribution >= 4 is 0 Å². The van der Waals surface area contributed by atoms with Crippen LogP contribution in [0.1, 0.15) is 38.8 Å². The van der Waals surface area contributed by atoms with Gasteiger partial charge in [0.1, 0.15) is 0 Å². The normalized spacial score (nSPS) is 11.1. The van der Waals surface area contributed by atoms with Crippen LogP contribution >= 0.6 is 0 Å². The standard InChI is InChI=1S/C16H22.C2H4/c1-7-15(3,4)13-9-11-14(12-10-13)16(5,6)8-2;1-2/h7-12H,1-2H2,3-6H3;1-2H2. The fraction of sp³-hybridized carbons (Fsp3) is 0.333. The molecule has 0 aliphatic rings. The molecular formula is C18H26. The van der Waals surface area contributed by atoms with Crippen LogP contribution in [-0.4, -0.2) is 0 Å². The van der Waals surface area contributed by atoms with Crippen molar-refractivity contribution in [3.63, 3.8) is 0 Å². The van der Waals surface area contributed by atoms with Gasteiger partial charge in [0.05, 0.1) is 0 Å². The Bertz CT molecular complexity index is 352. The van der Waals surface area contributed by atoms with E-state index < -0.39 is 0 Å². The molecule has 0 amide bonds. The Kier molecular flexibility index (Phi) is 5.84. The molecule has 0 bridgehead atoms. The Morgan fingerprint density at radius 1 is 0.722 bits per heavy atom. The molecule has 0 spiro atoms. The van der Waals surface area contributed by atoms with Crippen molar-refractivity contribution in [3.8, 4) is 0 Å². The van der Waals surface area contributed by atoms with E-state index in [4.69, 9.17) is 0 Å². The van der Waals surface area contributed by atoms with Gasteiger partial charge in [0.15, 0.2) is 0 Å². The molecule has 1 aromatic rings. The first-order chi connectivity index (χ1) is 8.33. The molecule has 0 aliphatic carbocycles. The Morgan fingerprint density at radius 3 is 1.11 bits per heavy atom. The van der Waals surface area contributed by atoms with Crippen LogP contribution in [0.25, 0.3) is 0 Å². The van der Waals surface area contributed by atoms with E-state index in [1.54, 1.807) is 0 Å². The van der Waals surface area contributed by atoms with Crippen LogP contribution in [0.3, 0.4) is 0 Å². The molecule has 0 aromatic heterocycles. The number of allylic oxidation sites excluding steroid dienone is 2. The maximum Gasteiger partial charge on any atom is 0.00726 e. The van der Waals surface area contributed by atoms with Crippen molar-refractivity contribution in [1.82, 2.24) is 0 Å². The fourth-order valence-electron chi connectivity index (χ4n) is 1.57. The van der Waals surface area contributed by atoms with E-state index >= 15 is 0 Å². The lowest BCUT2D eigenvalue weighted by Crippen LogP contribution is -2.16. The molecular weight excluding hydrogens is 216 g/mol. The quantitative estimate of drug-likeness (QED) is 0.619. The summed E-state index contributed by atoms with van der Waals surface area (Å²) in [7, 11) is 0. The first kappa shape index (κ1) is 16.4. The topological polar surface area (TPSA) is 0 Å². The molecule has 0 saturated carbocycles. The summed E-state index contributed by atoms with van der Waals surface area (Å²) >= 11 is 0. The zero-order chi connectivity index (χ0) is 14.4. The van der Waals surface area contributed by atoms with Crippen LogP contribution in [-0.2, 0) is 10.8 Å². The second-order valence-electron chi connectivity index (χ2n) is 5.43. The molecule has 0 heterocycles. The zero-order valence-corrected chi connectivity index (χ0v) is 12.3. The summed E-state index contributed by atoms with van der Waals surface area (Å²) in [5.74, 6) is 0. The molecule has 0 aliphatic heterocycles. The highest BCUT2D eigenvalue weighted by molar-refractivity contribution is 5.35. The lowest BCUT2D eigenvalue weighted by Gasteiger charge is -2.24. The molecule has 0 unspecified atom stereocenters. The zero-order valence-electron chi connectivity index (χ0n) is 12.3. The van der Waals surface area contributed by atoms with Gasteiger partial charge >= 0.3 is 0 Å². The second-order valence-corrected chi connectivity index (χ2v) is 5.43. The van der Waals surface area contributed by atoms with E-state index in [0.717, 1.165) is 0 Å². The van der Waals surface area contributed by atoms with E-state index in [9.17, 15) is 0 Å². The molecule has 18 heavy (non-hydrogen) atoms. The van der Waals surface area contributed by atoms with E-state index in [1.165, 1.54) is 11.1 Å². The molecule has 0 radical (unpaired) electrons. The average Bonchev–Trinajstić information content (AvgIpc) is 2.41. The van der Waals surface area contributed by atoms with E-state index in [0.29, 0.717) is 0 Å². The SMILES string of the molecule is C=C.C=CC(C)(C)c1ccc(C(C)(C)C=C)cc1. The highest BCUT2D eigenvalue weighted by atomic mass is 14.2. The van der Waals surface area contributed by atoms with Crippen LogP contribution in [0.2, 0.25) is 0 Å². The summed E-state index contributed by atoms with van der Waals surface area (Å²) < 4.78 is 0. The Labute approximate surface area is 113 Å². The summed E-state index contributed by atoms with van der Waals surface area (Å²) in [5, 5.41) is 0. The monoisotopic (exact) mass is 242 g/mol. The van der Waals surface area contributed by atoms with Gasteiger partial charge in [0, 0.05) is 10.8 Å². The Balaban J connectivity index is 0.00000137. The molecule has 98 valence electrons. The van der Waals surface area contributed by atoms with Gasteiger partial charge in [0.2, 0.25) is 0 Å². The van der Waals surface area contributed by atoms with Crippen LogP contribution in [0.4, 0.5) is 0 Å². The number of hydrogen-bond acceptors (Lipinski definition) is 0. The third kappa shape index (κ3) is 3.73. The summed E-state index contributed by atoms with van der Waals surface area (Å²) in [6, 6.07) is 8.73. The van der Waals surface area contributed by atoms with Gasteiger partial charge in [-0.05, 0) is 11.1 Å². The van der Waals surface area contributed by atoms with Crippen LogP contribution < -0.4 is 0 Å². The largest absolute Gasteiger partial charge is 0.106 e. The summed E-state index contributed by atoms with van der Waals surface area (Å²) in [6.45, 7) is 22.5. The average molecular weight is 242 g/mol. The van der Waals surface area contributed by atoms with Crippen molar-refractivity contribution in [2.24, 2.45) is 0 Å². The smallest absolute Gasteiger partial charge is 0.00726 e. The van der Waals surface area contributed by atoms with Crippen LogP contribution in [0, 0.1) is 0 Å². The van der Waals surface area contributed by atoms with E-state index in [2.05, 4.69) is 78.3 Å². The lowest BCUT2D eigenvalue weighted by atomic mass is 9.80. The predicted octanol–water partition coefficient (Wildman–Crippen LogP) is 5.42. The minimum atomic E-state index is 0.0385. The fourth-order valence-corrected chi connectivity index (χ4v) is 1.57. The van der Waals surface area contributed by atoms with Crippen molar-refractivity contribution < 1.29 is 0 Å². The maximum atomic E-state index is 3.88. The van der Waals surface area contributed by atoms with Gasteiger partial charge in [-0.3, -0.25) is 0 Å². The van der Waals surface area contributed by atoms with Crippen molar-refractivity contribution in [2.75, 3.05) is 0 Å². The van der Waals surface area contributed by atoms with Gasteiger partial charge in [-0.15, -0.1) is 26.3 Å². The molecule has 1 rings (SSSR count). The van der Waals surface area contributed by atoms with Crippen molar-refractivity contribution in [2.45, 2.75) is 38.5 Å². The molecule has 0 fully saturated rings. The van der Waals surface area contributed by atoms with E-state index in [-0.39, 0.29) is 10.8 Å². The van der Waals surface area contributed by atoms with Crippen LogP contribution in [0.5, 0.6) is 0 Å². The van der Waals surface area contributed by atoms with Gasteiger partial charge < -0.3 is 0 Å². The molecule has 0 saturated heterocycles. The molecule has 0 atom stereocenters. The summed E-state index contributed by atoms with van der Waals surface area (Å²) in [4.78, 5) is 0. The Hall–Kier alpha value is -1.56. The number of hydrogen-bond donors (Lipinski definition) is 0.